The van der Waals surface area contributed by atoms with Crippen LogP contribution in [0.4, 0.5) is 35.1 Å². The summed E-state index contributed by atoms with van der Waals surface area (Å²) in [6.07, 6.45) is -9.04. The minimum Gasteiger partial charge on any atom is -0.340 e. The highest BCUT2D eigenvalue weighted by molar-refractivity contribution is 5.81. The Bertz CT molecular complexity index is 1520. The molecule has 1 aromatic heterocycles. The largest absolute Gasteiger partial charge is 0.417 e. The van der Waals surface area contributed by atoms with E-state index >= 15 is 0 Å². The van der Waals surface area contributed by atoms with Crippen molar-refractivity contribution in [3.05, 3.63) is 100 Å². The fourth-order valence-electron chi connectivity index (χ4n) is 4.36. The maximum Gasteiger partial charge on any atom is 0.417 e. The number of nitrogens with one attached hydrogen (secondary N) is 1. The number of benzene rings is 3. The molecule has 3 aromatic carbocycles. The van der Waals surface area contributed by atoms with Gasteiger partial charge in [0, 0.05) is 0 Å². The number of fused-ring (bicyclic) bond motifs is 1. The van der Waals surface area contributed by atoms with Crippen LogP contribution in [0, 0.1) is 11.6 Å². The van der Waals surface area contributed by atoms with Crippen molar-refractivity contribution in [3.8, 4) is 22.5 Å². The molecule has 4 nitrogen and oxygen atoms in total. The summed E-state index contributed by atoms with van der Waals surface area (Å²) in [7, 11) is 0. The fourth-order valence-corrected chi connectivity index (χ4v) is 4.36. The molecule has 0 aliphatic carbocycles. The number of alkyl halides is 6. The molecule has 1 aliphatic rings. The Kier molecular flexibility index (Phi) is 6.20. The molecule has 1 aliphatic heterocycles. The van der Waals surface area contributed by atoms with Crippen LogP contribution >= 0.6 is 0 Å². The van der Waals surface area contributed by atoms with Crippen molar-refractivity contribution in [2.75, 3.05) is 0 Å². The van der Waals surface area contributed by atoms with E-state index in [2.05, 4.69) is 15.1 Å². The molecule has 196 valence electrons. The first-order valence-electron chi connectivity index (χ1n) is 11.1. The highest BCUT2D eigenvalue weighted by Crippen LogP contribution is 2.45. The molecule has 0 unspecified atom stereocenters. The van der Waals surface area contributed by atoms with Crippen LogP contribution in [-0.2, 0) is 25.4 Å². The van der Waals surface area contributed by atoms with Gasteiger partial charge in [-0.1, -0.05) is 42.5 Å². The lowest BCUT2D eigenvalue weighted by molar-refractivity contribution is -0.144. The lowest BCUT2D eigenvalue weighted by atomic mass is 9.91. The summed E-state index contributed by atoms with van der Waals surface area (Å²) in [6.45, 7) is -1.08. The Morgan fingerprint density at radius 1 is 0.816 bits per heavy atom. The van der Waals surface area contributed by atoms with E-state index in [9.17, 15) is 35.1 Å². The number of hydrazone groups is 1. The summed E-state index contributed by atoms with van der Waals surface area (Å²) in [4.78, 5) is 6.90. The van der Waals surface area contributed by atoms with Crippen LogP contribution in [0.15, 0.2) is 65.8 Å². The van der Waals surface area contributed by atoms with Crippen molar-refractivity contribution in [2.24, 2.45) is 5.10 Å². The standard InChI is InChI=1S/C26H16F8N4/c27-19-8-4-7-16(23(19)28)24-36-20-11-35-38(13-21(20)37-24)12-17-18(25(29,30)31)10-9-15(22(17)26(32,33)34)14-5-2-1-3-6-14/h1-11H,12-13H2,(H,36,37). The maximum absolute atomic E-state index is 14.3. The number of H-pyrrole nitrogens is 1. The number of rotatable bonds is 4. The topological polar surface area (TPSA) is 44.3 Å². The molecule has 4 aromatic rings. The van der Waals surface area contributed by atoms with Gasteiger partial charge in [0.1, 0.15) is 11.5 Å². The van der Waals surface area contributed by atoms with Gasteiger partial charge < -0.3 is 4.98 Å². The summed E-state index contributed by atoms with van der Waals surface area (Å²) in [5, 5.41) is 5.00. The first-order chi connectivity index (χ1) is 17.9. The van der Waals surface area contributed by atoms with Gasteiger partial charge in [-0.25, -0.2) is 13.8 Å². The Morgan fingerprint density at radius 2 is 1.55 bits per heavy atom. The molecule has 0 radical (unpaired) electrons. The zero-order valence-corrected chi connectivity index (χ0v) is 19.1. The average Bonchev–Trinajstić information content (AvgIpc) is 3.28. The van der Waals surface area contributed by atoms with Crippen molar-refractivity contribution in [1.82, 2.24) is 15.0 Å². The van der Waals surface area contributed by atoms with Crippen LogP contribution in [0.1, 0.15) is 28.1 Å². The Morgan fingerprint density at radius 3 is 2.24 bits per heavy atom. The van der Waals surface area contributed by atoms with Crippen molar-refractivity contribution in [1.29, 1.82) is 0 Å². The van der Waals surface area contributed by atoms with Gasteiger partial charge in [-0.2, -0.15) is 31.4 Å². The molecule has 2 heterocycles. The molecule has 0 spiro atoms. The van der Waals surface area contributed by atoms with Crippen LogP contribution in [0.3, 0.4) is 0 Å². The molecule has 0 atom stereocenters. The lowest BCUT2D eigenvalue weighted by Crippen LogP contribution is -2.26. The van der Waals surface area contributed by atoms with E-state index in [0.717, 1.165) is 23.4 Å². The number of hydrogen-bond acceptors (Lipinski definition) is 3. The van der Waals surface area contributed by atoms with Gasteiger partial charge in [0.25, 0.3) is 0 Å². The lowest BCUT2D eigenvalue weighted by Gasteiger charge is -2.27. The predicted molar refractivity (Wildman–Crippen MR) is 123 cm³/mol. The van der Waals surface area contributed by atoms with Crippen LogP contribution < -0.4 is 0 Å². The molecule has 0 saturated heterocycles. The third-order valence-corrected chi connectivity index (χ3v) is 6.03. The third-order valence-electron chi connectivity index (χ3n) is 6.03. The molecule has 0 amide bonds. The van der Waals surface area contributed by atoms with E-state index in [1.54, 1.807) is 6.07 Å². The molecule has 0 fully saturated rings. The predicted octanol–water partition coefficient (Wildman–Crippen LogP) is 7.41. The summed E-state index contributed by atoms with van der Waals surface area (Å²) < 4.78 is 112. The second kappa shape index (κ2) is 9.26. The zero-order chi connectivity index (χ0) is 27.2. The second-order valence-electron chi connectivity index (χ2n) is 8.49. The monoisotopic (exact) mass is 536 g/mol. The second-order valence-corrected chi connectivity index (χ2v) is 8.49. The molecule has 0 bridgehead atoms. The number of hydrogen-bond donors (Lipinski definition) is 1. The van der Waals surface area contributed by atoms with E-state index in [1.807, 2.05) is 0 Å². The van der Waals surface area contributed by atoms with Crippen molar-refractivity contribution in [3.63, 3.8) is 0 Å². The van der Waals surface area contributed by atoms with Gasteiger partial charge in [0.15, 0.2) is 11.6 Å². The van der Waals surface area contributed by atoms with Gasteiger partial charge in [-0.3, -0.25) is 5.01 Å². The van der Waals surface area contributed by atoms with Gasteiger partial charge >= 0.3 is 12.4 Å². The van der Waals surface area contributed by atoms with Crippen LogP contribution in [0.25, 0.3) is 22.5 Å². The first-order valence-corrected chi connectivity index (χ1v) is 11.1. The highest BCUT2D eigenvalue weighted by Gasteiger charge is 2.43. The van der Waals surface area contributed by atoms with Gasteiger partial charge in [-0.15, -0.1) is 0 Å². The zero-order valence-electron chi connectivity index (χ0n) is 19.1. The molecular weight excluding hydrogens is 520 g/mol. The van der Waals surface area contributed by atoms with Crippen LogP contribution in [-0.4, -0.2) is 21.2 Å². The number of imidazole rings is 1. The Hall–Kier alpha value is -4.22. The Balaban J connectivity index is 1.56. The number of aromatic amines is 1. The van der Waals surface area contributed by atoms with Gasteiger partial charge in [-0.05, 0) is 34.9 Å². The molecule has 38 heavy (non-hydrogen) atoms. The van der Waals surface area contributed by atoms with E-state index < -0.39 is 52.8 Å². The van der Waals surface area contributed by atoms with Gasteiger partial charge in [0.05, 0.1) is 41.7 Å². The highest BCUT2D eigenvalue weighted by atomic mass is 19.4. The van der Waals surface area contributed by atoms with Crippen molar-refractivity contribution in [2.45, 2.75) is 25.4 Å². The fraction of sp³-hybridized carbons (Fsp3) is 0.154. The van der Waals surface area contributed by atoms with E-state index in [4.69, 9.17) is 0 Å². The van der Waals surface area contributed by atoms with Gasteiger partial charge in [0.2, 0.25) is 0 Å². The van der Waals surface area contributed by atoms with Crippen LogP contribution in [0.2, 0.25) is 0 Å². The summed E-state index contributed by atoms with van der Waals surface area (Å²) in [5.74, 6) is -2.32. The molecule has 1 N–H and O–H groups in total. The maximum atomic E-state index is 14.3. The number of nitrogens with zero attached hydrogens (tertiary/aromatic N) is 3. The van der Waals surface area contributed by atoms with E-state index in [0.29, 0.717) is 6.07 Å². The summed E-state index contributed by atoms with van der Waals surface area (Å²) >= 11 is 0. The average molecular weight is 536 g/mol. The quantitative estimate of drug-likeness (QED) is 0.276. The van der Waals surface area contributed by atoms with Crippen LogP contribution in [0.5, 0.6) is 0 Å². The first kappa shape index (κ1) is 25.4. The Labute approximate surface area is 210 Å². The molecular formula is C26H16F8N4. The smallest absolute Gasteiger partial charge is 0.340 e. The number of halogens is 8. The summed E-state index contributed by atoms with van der Waals surface area (Å²) in [5.41, 5.74) is -3.84. The SMILES string of the molecule is Fc1cccc(-c2nc3c([nH]2)CN(Cc2c(C(F)(F)F)ccc(-c4ccccc4)c2C(F)(F)F)N=C3)c1F. The molecule has 5 rings (SSSR count). The van der Waals surface area contributed by atoms with Crippen molar-refractivity contribution < 1.29 is 35.1 Å². The number of aromatic nitrogens is 2. The van der Waals surface area contributed by atoms with E-state index in [-0.39, 0.29) is 34.9 Å². The minimum atomic E-state index is -5.11. The minimum absolute atomic E-state index is 0.0571. The third kappa shape index (κ3) is 4.73. The van der Waals surface area contributed by atoms with E-state index in [1.165, 1.54) is 36.4 Å². The normalized spacial score (nSPS) is 13.6. The summed E-state index contributed by atoms with van der Waals surface area (Å²) in [6, 6.07) is 12.2. The molecule has 12 heteroatoms. The van der Waals surface area contributed by atoms with Crippen molar-refractivity contribution >= 4 is 6.21 Å². The molecule has 0 saturated carbocycles.